The zero-order valence-corrected chi connectivity index (χ0v) is 16.4. The van der Waals surface area contributed by atoms with Crippen LogP contribution in [0.15, 0.2) is 24.3 Å². The van der Waals surface area contributed by atoms with Crippen molar-refractivity contribution in [3.05, 3.63) is 30.1 Å². The molecule has 0 unspecified atom stereocenters. The molecule has 1 heterocycles. The summed E-state index contributed by atoms with van der Waals surface area (Å²) in [4.78, 5) is 39.1. The Morgan fingerprint density at radius 1 is 1.07 bits per heavy atom. The van der Waals surface area contributed by atoms with Gasteiger partial charge in [-0.3, -0.25) is 14.4 Å². The molecule has 0 spiro atoms. The highest BCUT2D eigenvalue weighted by Crippen LogP contribution is 2.60. The van der Waals surface area contributed by atoms with E-state index in [4.69, 9.17) is 4.74 Å². The molecule has 0 aromatic heterocycles. The third kappa shape index (κ3) is 3.26. The van der Waals surface area contributed by atoms with Gasteiger partial charge in [-0.15, -0.1) is 0 Å². The molecular weight excluding hydrogens is 373 g/mol. The number of hydrogen-bond acceptors (Lipinski definition) is 4. The van der Waals surface area contributed by atoms with Crippen molar-refractivity contribution < 1.29 is 23.5 Å². The van der Waals surface area contributed by atoms with Crippen LogP contribution in [0.2, 0.25) is 0 Å². The maximum absolute atomic E-state index is 14.0. The number of carbonyl (C=O) groups excluding carboxylic acids is 3. The molecule has 6 rings (SSSR count). The van der Waals surface area contributed by atoms with Crippen LogP contribution in [-0.2, 0) is 19.1 Å². The van der Waals surface area contributed by atoms with E-state index in [1.807, 2.05) is 0 Å². The number of benzene rings is 1. The molecule has 0 radical (unpaired) electrons. The maximum Gasteiger partial charge on any atom is 0.311 e. The summed E-state index contributed by atoms with van der Waals surface area (Å²) in [6, 6.07) is 6.03. The zero-order valence-electron chi connectivity index (χ0n) is 16.4. The van der Waals surface area contributed by atoms with Crippen LogP contribution in [-0.4, -0.2) is 30.8 Å². The SMILES string of the molecule is O=C(OCC(=O)C12CC3CC(CC(C3)C1)C2)[C@H]1CC(=O)N(c2ccccc2F)C1. The molecule has 1 aromatic carbocycles. The number of hydrogen-bond donors (Lipinski definition) is 0. The second-order valence-corrected chi connectivity index (χ2v) is 9.59. The Hall–Kier alpha value is -2.24. The molecule has 29 heavy (non-hydrogen) atoms. The average Bonchev–Trinajstić information content (AvgIpc) is 3.06. The number of para-hydroxylation sites is 1. The van der Waals surface area contributed by atoms with E-state index in [0.717, 1.165) is 19.3 Å². The van der Waals surface area contributed by atoms with Crippen molar-refractivity contribution in [2.24, 2.45) is 29.1 Å². The van der Waals surface area contributed by atoms with E-state index in [0.29, 0.717) is 17.8 Å². The van der Waals surface area contributed by atoms with Crippen molar-refractivity contribution in [2.75, 3.05) is 18.1 Å². The van der Waals surface area contributed by atoms with Crippen molar-refractivity contribution in [2.45, 2.75) is 44.9 Å². The zero-order chi connectivity index (χ0) is 20.2. The Labute approximate surface area is 169 Å². The van der Waals surface area contributed by atoms with E-state index in [-0.39, 0.29) is 42.4 Å². The largest absolute Gasteiger partial charge is 0.457 e. The first-order chi connectivity index (χ1) is 13.9. The van der Waals surface area contributed by atoms with Gasteiger partial charge in [0.05, 0.1) is 11.6 Å². The smallest absolute Gasteiger partial charge is 0.311 e. The Bertz CT molecular complexity index is 831. The summed E-state index contributed by atoms with van der Waals surface area (Å²) < 4.78 is 19.4. The standard InChI is InChI=1S/C23H26FNO4/c24-18-3-1-2-4-19(18)25-12-17(8-21(25)27)22(28)29-13-20(26)23-9-14-5-15(10-23)7-16(6-14)11-23/h1-4,14-17H,5-13H2/t14?,15?,16?,17-,23?/m0/s1. The molecule has 154 valence electrons. The summed E-state index contributed by atoms with van der Waals surface area (Å²) in [6.07, 6.45) is 6.57. The highest BCUT2D eigenvalue weighted by molar-refractivity contribution is 5.99. The Balaban J connectivity index is 1.20. The molecule has 5 aliphatic rings. The van der Waals surface area contributed by atoms with E-state index >= 15 is 0 Å². The number of nitrogens with zero attached hydrogens (tertiary/aromatic N) is 1. The molecule has 5 nitrogen and oxygen atoms in total. The minimum Gasteiger partial charge on any atom is -0.457 e. The molecule has 6 heteroatoms. The monoisotopic (exact) mass is 399 g/mol. The minimum atomic E-state index is -0.661. The minimum absolute atomic E-state index is 0.0152. The summed E-state index contributed by atoms with van der Waals surface area (Å²) in [5.74, 6) is 0.0335. The van der Waals surface area contributed by atoms with Crippen LogP contribution in [0.1, 0.15) is 44.9 Å². The Morgan fingerprint density at radius 2 is 1.69 bits per heavy atom. The summed E-state index contributed by atoms with van der Waals surface area (Å²) in [7, 11) is 0. The molecule has 0 N–H and O–H groups in total. The molecule has 4 bridgehead atoms. The maximum atomic E-state index is 14.0. The third-order valence-electron chi connectivity index (χ3n) is 7.58. The number of ketones is 1. The highest BCUT2D eigenvalue weighted by Gasteiger charge is 2.54. The van der Waals surface area contributed by atoms with Gasteiger partial charge in [-0.25, -0.2) is 4.39 Å². The van der Waals surface area contributed by atoms with E-state index < -0.39 is 17.7 Å². The highest BCUT2D eigenvalue weighted by atomic mass is 19.1. The third-order valence-corrected chi connectivity index (χ3v) is 7.58. The fourth-order valence-electron chi connectivity index (χ4n) is 6.63. The number of anilines is 1. The van der Waals surface area contributed by atoms with Crippen molar-refractivity contribution in [1.29, 1.82) is 0 Å². The summed E-state index contributed by atoms with van der Waals surface area (Å²) in [6.45, 7) is -0.112. The van der Waals surface area contributed by atoms with Crippen molar-refractivity contribution in [1.82, 2.24) is 0 Å². The number of halogens is 1. The molecule has 1 saturated heterocycles. The Kier molecular flexibility index (Phi) is 4.48. The molecular formula is C23H26FNO4. The molecule has 4 aliphatic carbocycles. The van der Waals surface area contributed by atoms with Crippen LogP contribution in [0.3, 0.4) is 0 Å². The molecule has 1 amide bonds. The second kappa shape index (κ2) is 6.92. The van der Waals surface area contributed by atoms with Gasteiger partial charge in [-0.1, -0.05) is 12.1 Å². The first-order valence-corrected chi connectivity index (χ1v) is 10.7. The summed E-state index contributed by atoms with van der Waals surface area (Å²) in [5, 5.41) is 0. The van der Waals surface area contributed by atoms with E-state index in [1.165, 1.54) is 36.3 Å². The lowest BCUT2D eigenvalue weighted by atomic mass is 9.48. The number of ether oxygens (including phenoxy) is 1. The summed E-state index contributed by atoms with van der Waals surface area (Å²) in [5.41, 5.74) is -0.114. The van der Waals surface area contributed by atoms with Crippen LogP contribution in [0.4, 0.5) is 10.1 Å². The van der Waals surface area contributed by atoms with Crippen LogP contribution in [0.25, 0.3) is 0 Å². The predicted octanol–water partition coefficient (Wildman–Crippen LogP) is 3.51. The van der Waals surface area contributed by atoms with Crippen LogP contribution < -0.4 is 4.90 Å². The molecule has 1 aromatic rings. The van der Waals surface area contributed by atoms with E-state index in [1.54, 1.807) is 12.1 Å². The van der Waals surface area contributed by atoms with Gasteiger partial charge in [-0.05, 0) is 68.4 Å². The topological polar surface area (TPSA) is 63.7 Å². The van der Waals surface area contributed by atoms with E-state index in [2.05, 4.69) is 0 Å². The first kappa shape index (κ1) is 18.8. The second-order valence-electron chi connectivity index (χ2n) is 9.59. The van der Waals surface area contributed by atoms with Gasteiger partial charge in [-0.2, -0.15) is 0 Å². The van der Waals surface area contributed by atoms with Crippen LogP contribution >= 0.6 is 0 Å². The van der Waals surface area contributed by atoms with Gasteiger partial charge in [0.25, 0.3) is 0 Å². The van der Waals surface area contributed by atoms with Crippen molar-refractivity contribution >= 4 is 23.3 Å². The van der Waals surface area contributed by atoms with Gasteiger partial charge in [0.15, 0.2) is 12.4 Å². The van der Waals surface area contributed by atoms with Crippen LogP contribution in [0.5, 0.6) is 0 Å². The van der Waals surface area contributed by atoms with E-state index in [9.17, 15) is 18.8 Å². The lowest BCUT2D eigenvalue weighted by Crippen LogP contribution is -2.51. The quantitative estimate of drug-likeness (QED) is 0.711. The normalized spacial score (nSPS) is 35.2. The van der Waals surface area contributed by atoms with Gasteiger partial charge in [0, 0.05) is 18.4 Å². The van der Waals surface area contributed by atoms with Gasteiger partial charge >= 0.3 is 5.97 Å². The summed E-state index contributed by atoms with van der Waals surface area (Å²) >= 11 is 0. The van der Waals surface area contributed by atoms with Crippen molar-refractivity contribution in [3.63, 3.8) is 0 Å². The number of amides is 1. The molecule has 5 fully saturated rings. The number of Topliss-reactive ketones (excluding diaryl/α,β-unsaturated/α-hetero) is 1. The average molecular weight is 399 g/mol. The Morgan fingerprint density at radius 3 is 2.31 bits per heavy atom. The van der Waals surface area contributed by atoms with Crippen molar-refractivity contribution in [3.8, 4) is 0 Å². The van der Waals surface area contributed by atoms with Gasteiger partial charge in [0.2, 0.25) is 5.91 Å². The molecule has 4 saturated carbocycles. The lowest BCUT2D eigenvalue weighted by molar-refractivity contribution is -0.160. The fourth-order valence-corrected chi connectivity index (χ4v) is 6.63. The number of carbonyl (C=O) groups is 3. The molecule has 1 aliphatic heterocycles. The fraction of sp³-hybridized carbons (Fsp3) is 0.609. The van der Waals surface area contributed by atoms with Gasteiger partial charge in [0.1, 0.15) is 5.82 Å². The lowest BCUT2D eigenvalue weighted by Gasteiger charge is -2.55. The number of esters is 1. The van der Waals surface area contributed by atoms with Crippen LogP contribution in [0, 0.1) is 34.9 Å². The first-order valence-electron chi connectivity index (χ1n) is 10.7. The van der Waals surface area contributed by atoms with Gasteiger partial charge < -0.3 is 9.64 Å². The number of rotatable bonds is 5. The predicted molar refractivity (Wildman–Crippen MR) is 103 cm³/mol. The molecule has 1 atom stereocenters.